The molecule has 0 fully saturated rings. The first-order chi connectivity index (χ1) is 10.3. The summed E-state index contributed by atoms with van der Waals surface area (Å²) in [5, 5.41) is 3.53. The van der Waals surface area contributed by atoms with Crippen molar-refractivity contribution in [1.29, 1.82) is 0 Å². The molecule has 0 aliphatic rings. The molecule has 0 atom stereocenters. The SMILES string of the molecule is CCCCCCCCCCCCCCNCN(C)CCC. The molecular formula is C19H42N2. The minimum absolute atomic E-state index is 1.05. The van der Waals surface area contributed by atoms with Crippen molar-refractivity contribution in [3.8, 4) is 0 Å². The molecule has 1 N–H and O–H groups in total. The van der Waals surface area contributed by atoms with Crippen LogP contribution in [0.3, 0.4) is 0 Å². The number of hydrogen-bond acceptors (Lipinski definition) is 2. The summed E-state index contributed by atoms with van der Waals surface area (Å²) in [6.07, 6.45) is 18.5. The van der Waals surface area contributed by atoms with Gasteiger partial charge in [-0.1, -0.05) is 84.5 Å². The molecule has 0 spiro atoms. The third-order valence-electron chi connectivity index (χ3n) is 4.19. The first-order valence-electron chi connectivity index (χ1n) is 9.70. The lowest BCUT2D eigenvalue weighted by atomic mass is 10.1. The van der Waals surface area contributed by atoms with E-state index in [2.05, 4.69) is 31.1 Å². The zero-order valence-electron chi connectivity index (χ0n) is 15.3. The summed E-state index contributed by atoms with van der Waals surface area (Å²) < 4.78 is 0. The van der Waals surface area contributed by atoms with E-state index in [9.17, 15) is 0 Å². The average molecular weight is 299 g/mol. The summed E-state index contributed by atoms with van der Waals surface area (Å²) in [7, 11) is 2.19. The smallest absolute Gasteiger partial charge is 0.0477 e. The van der Waals surface area contributed by atoms with E-state index >= 15 is 0 Å². The van der Waals surface area contributed by atoms with Gasteiger partial charge in [-0.3, -0.25) is 4.90 Å². The predicted molar refractivity (Wildman–Crippen MR) is 96.9 cm³/mol. The maximum atomic E-state index is 3.53. The lowest BCUT2D eigenvalue weighted by molar-refractivity contribution is 0.306. The second-order valence-electron chi connectivity index (χ2n) is 6.63. The predicted octanol–water partition coefficient (Wildman–Crippen LogP) is 5.58. The van der Waals surface area contributed by atoms with E-state index in [1.807, 2.05) is 0 Å². The van der Waals surface area contributed by atoms with Crippen LogP contribution in [0.2, 0.25) is 0 Å². The Hall–Kier alpha value is -0.0800. The molecular weight excluding hydrogens is 256 g/mol. The summed E-state index contributed by atoms with van der Waals surface area (Å²) in [6.45, 7) is 7.96. The molecule has 21 heavy (non-hydrogen) atoms. The van der Waals surface area contributed by atoms with Gasteiger partial charge in [-0.2, -0.15) is 0 Å². The third-order valence-corrected chi connectivity index (χ3v) is 4.19. The highest BCUT2D eigenvalue weighted by Crippen LogP contribution is 2.11. The Balaban J connectivity index is 2.99. The maximum Gasteiger partial charge on any atom is 0.0477 e. The summed E-state index contributed by atoms with van der Waals surface area (Å²) in [4.78, 5) is 2.36. The molecule has 0 amide bonds. The molecule has 0 rings (SSSR count). The molecule has 2 heteroatoms. The number of hydrogen-bond donors (Lipinski definition) is 1. The average Bonchev–Trinajstić information content (AvgIpc) is 2.48. The molecule has 0 bridgehead atoms. The minimum atomic E-state index is 1.05. The van der Waals surface area contributed by atoms with Gasteiger partial charge in [0.2, 0.25) is 0 Å². The standard InChI is InChI=1S/C19H42N2/c1-4-6-7-8-9-10-11-12-13-14-15-16-17-20-19-21(3)18-5-2/h20H,4-19H2,1-3H3. The Bertz CT molecular complexity index is 182. The molecule has 0 heterocycles. The quantitative estimate of drug-likeness (QED) is 0.279. The van der Waals surface area contributed by atoms with Crippen LogP contribution in [0.25, 0.3) is 0 Å². The first-order valence-corrected chi connectivity index (χ1v) is 9.70. The van der Waals surface area contributed by atoms with Gasteiger partial charge in [0.05, 0.1) is 0 Å². The minimum Gasteiger partial charge on any atom is -0.304 e. The van der Waals surface area contributed by atoms with Crippen molar-refractivity contribution >= 4 is 0 Å². The number of nitrogens with one attached hydrogen (secondary N) is 1. The Morgan fingerprint density at radius 2 is 1.10 bits per heavy atom. The molecule has 0 aromatic heterocycles. The van der Waals surface area contributed by atoms with Crippen molar-refractivity contribution in [2.45, 2.75) is 97.3 Å². The van der Waals surface area contributed by atoms with Gasteiger partial charge in [0.15, 0.2) is 0 Å². The van der Waals surface area contributed by atoms with Gasteiger partial charge in [0, 0.05) is 6.67 Å². The first kappa shape index (κ1) is 20.9. The van der Waals surface area contributed by atoms with Crippen LogP contribution in [0.15, 0.2) is 0 Å². The van der Waals surface area contributed by atoms with E-state index in [-0.39, 0.29) is 0 Å². The molecule has 0 aliphatic carbocycles. The molecule has 2 nitrogen and oxygen atoms in total. The number of unbranched alkanes of at least 4 members (excludes halogenated alkanes) is 11. The Morgan fingerprint density at radius 3 is 1.57 bits per heavy atom. The largest absolute Gasteiger partial charge is 0.304 e. The monoisotopic (exact) mass is 298 g/mol. The summed E-state index contributed by atoms with van der Waals surface area (Å²) in [5.41, 5.74) is 0. The number of rotatable bonds is 17. The van der Waals surface area contributed by atoms with Crippen molar-refractivity contribution in [3.05, 3.63) is 0 Å². The highest BCUT2D eigenvalue weighted by Gasteiger charge is 1.96. The molecule has 0 radical (unpaired) electrons. The van der Waals surface area contributed by atoms with Crippen molar-refractivity contribution in [2.24, 2.45) is 0 Å². The van der Waals surface area contributed by atoms with Crippen LogP contribution in [-0.4, -0.2) is 31.7 Å². The normalized spacial score (nSPS) is 11.4. The lowest BCUT2D eigenvalue weighted by Crippen LogP contribution is -2.32. The van der Waals surface area contributed by atoms with Crippen LogP contribution in [0, 0.1) is 0 Å². The van der Waals surface area contributed by atoms with Crippen molar-refractivity contribution < 1.29 is 0 Å². The van der Waals surface area contributed by atoms with Gasteiger partial charge in [-0.05, 0) is 33.0 Å². The van der Waals surface area contributed by atoms with E-state index in [1.165, 1.54) is 96.6 Å². The van der Waals surface area contributed by atoms with Crippen LogP contribution < -0.4 is 5.32 Å². The van der Waals surface area contributed by atoms with Crippen LogP contribution in [0.4, 0.5) is 0 Å². The van der Waals surface area contributed by atoms with Crippen molar-refractivity contribution in [1.82, 2.24) is 10.2 Å². The second kappa shape index (κ2) is 18.0. The molecule has 128 valence electrons. The fourth-order valence-electron chi connectivity index (χ4n) is 2.82. The Labute approximate surface area is 135 Å². The lowest BCUT2D eigenvalue weighted by Gasteiger charge is -2.16. The number of nitrogens with zero attached hydrogens (tertiary/aromatic N) is 1. The summed E-state index contributed by atoms with van der Waals surface area (Å²) >= 11 is 0. The van der Waals surface area contributed by atoms with Gasteiger partial charge in [-0.15, -0.1) is 0 Å². The van der Waals surface area contributed by atoms with Gasteiger partial charge in [0.1, 0.15) is 0 Å². The molecule has 0 saturated carbocycles. The van der Waals surface area contributed by atoms with Gasteiger partial charge < -0.3 is 5.32 Å². The molecule has 0 saturated heterocycles. The fraction of sp³-hybridized carbons (Fsp3) is 1.00. The summed E-state index contributed by atoms with van der Waals surface area (Å²) in [5.74, 6) is 0. The second-order valence-corrected chi connectivity index (χ2v) is 6.63. The van der Waals surface area contributed by atoms with E-state index in [0.717, 1.165) is 6.67 Å². The van der Waals surface area contributed by atoms with E-state index in [4.69, 9.17) is 0 Å². The van der Waals surface area contributed by atoms with Crippen LogP contribution >= 0.6 is 0 Å². The molecule has 0 aromatic rings. The molecule has 0 aliphatic heterocycles. The highest BCUT2D eigenvalue weighted by atomic mass is 15.2. The zero-order valence-corrected chi connectivity index (χ0v) is 15.3. The van der Waals surface area contributed by atoms with E-state index in [0.29, 0.717) is 0 Å². The molecule has 0 unspecified atom stereocenters. The van der Waals surface area contributed by atoms with Gasteiger partial charge >= 0.3 is 0 Å². The third kappa shape index (κ3) is 17.9. The Kier molecular flexibility index (Phi) is 17.9. The van der Waals surface area contributed by atoms with E-state index in [1.54, 1.807) is 0 Å². The van der Waals surface area contributed by atoms with Gasteiger partial charge in [0.25, 0.3) is 0 Å². The summed E-state index contributed by atoms with van der Waals surface area (Å²) in [6, 6.07) is 0. The van der Waals surface area contributed by atoms with Crippen LogP contribution in [0.5, 0.6) is 0 Å². The Morgan fingerprint density at radius 1 is 0.619 bits per heavy atom. The maximum absolute atomic E-state index is 3.53. The van der Waals surface area contributed by atoms with Crippen LogP contribution in [-0.2, 0) is 0 Å². The highest BCUT2D eigenvalue weighted by molar-refractivity contribution is 4.52. The topological polar surface area (TPSA) is 15.3 Å². The van der Waals surface area contributed by atoms with Crippen molar-refractivity contribution in [2.75, 3.05) is 26.8 Å². The van der Waals surface area contributed by atoms with Crippen molar-refractivity contribution in [3.63, 3.8) is 0 Å². The van der Waals surface area contributed by atoms with Crippen LogP contribution in [0.1, 0.15) is 97.3 Å². The fourth-order valence-corrected chi connectivity index (χ4v) is 2.82. The zero-order chi connectivity index (χ0) is 15.6. The van der Waals surface area contributed by atoms with Gasteiger partial charge in [-0.25, -0.2) is 0 Å². The molecule has 0 aromatic carbocycles. The van der Waals surface area contributed by atoms with E-state index < -0.39 is 0 Å².